The van der Waals surface area contributed by atoms with E-state index >= 15 is 0 Å². The number of anilines is 1. The van der Waals surface area contributed by atoms with Gasteiger partial charge in [0, 0.05) is 12.0 Å². The second-order valence-electron chi connectivity index (χ2n) is 8.55. The van der Waals surface area contributed by atoms with E-state index in [1.54, 1.807) is 6.07 Å². The van der Waals surface area contributed by atoms with Crippen LogP contribution in [-0.4, -0.2) is 23.0 Å². The molecule has 5 heteroatoms. The molecule has 0 saturated heterocycles. The lowest BCUT2D eigenvalue weighted by Gasteiger charge is -2.28. The molecule has 1 unspecified atom stereocenters. The topological polar surface area (TPSA) is 66.8 Å². The van der Waals surface area contributed by atoms with Crippen LogP contribution < -0.4 is 9.64 Å². The van der Waals surface area contributed by atoms with E-state index in [4.69, 9.17) is 4.74 Å². The van der Waals surface area contributed by atoms with Gasteiger partial charge >= 0.3 is 5.97 Å². The second kappa shape index (κ2) is 9.85. The van der Waals surface area contributed by atoms with Crippen molar-refractivity contribution < 1.29 is 19.4 Å². The molecule has 0 fully saturated rings. The summed E-state index contributed by atoms with van der Waals surface area (Å²) in [5.41, 5.74) is 3.98. The van der Waals surface area contributed by atoms with Gasteiger partial charge in [-0.25, -0.2) is 4.79 Å². The molecular formula is C30H25NO4. The Labute approximate surface area is 204 Å². The van der Waals surface area contributed by atoms with Crippen molar-refractivity contribution >= 4 is 17.6 Å². The predicted molar refractivity (Wildman–Crippen MR) is 135 cm³/mol. The number of carboxylic acids is 1. The van der Waals surface area contributed by atoms with E-state index in [0.717, 1.165) is 22.3 Å². The van der Waals surface area contributed by atoms with Gasteiger partial charge in [-0.3, -0.25) is 9.69 Å². The van der Waals surface area contributed by atoms with E-state index in [2.05, 4.69) is 0 Å². The zero-order valence-corrected chi connectivity index (χ0v) is 19.1. The maximum atomic E-state index is 14.1. The van der Waals surface area contributed by atoms with Crippen LogP contribution in [0.2, 0.25) is 0 Å². The molecule has 1 amide bonds. The molecule has 0 radical (unpaired) electrons. The van der Waals surface area contributed by atoms with E-state index in [0.29, 0.717) is 18.0 Å². The molecule has 1 heterocycles. The van der Waals surface area contributed by atoms with Crippen LogP contribution in [0.1, 0.15) is 28.2 Å². The number of carbonyl (C=O) groups excluding carboxylic acids is 1. The normalized spacial score (nSPS) is 14.5. The summed E-state index contributed by atoms with van der Waals surface area (Å²) in [6, 6.07) is 33.2. The van der Waals surface area contributed by atoms with Crippen LogP contribution in [-0.2, 0) is 22.6 Å². The van der Waals surface area contributed by atoms with Crippen molar-refractivity contribution in [2.45, 2.75) is 25.0 Å². The Morgan fingerprint density at radius 2 is 1.37 bits per heavy atom. The minimum Gasteiger partial charge on any atom is -0.489 e. The second-order valence-corrected chi connectivity index (χ2v) is 8.55. The molecule has 1 aliphatic rings. The minimum atomic E-state index is -1.04. The monoisotopic (exact) mass is 463 g/mol. The van der Waals surface area contributed by atoms with E-state index in [9.17, 15) is 14.7 Å². The summed E-state index contributed by atoms with van der Waals surface area (Å²) in [5, 5.41) is 10.1. The Bertz CT molecular complexity index is 1280. The highest BCUT2D eigenvalue weighted by atomic mass is 16.5. The first-order valence-electron chi connectivity index (χ1n) is 11.6. The number of nitrogens with zero attached hydrogens (tertiary/aromatic N) is 1. The third kappa shape index (κ3) is 4.53. The number of rotatable bonds is 7. The molecule has 5 rings (SSSR count). The first-order chi connectivity index (χ1) is 17.1. The predicted octanol–water partition coefficient (Wildman–Crippen LogP) is 5.44. The van der Waals surface area contributed by atoms with Crippen molar-refractivity contribution in [1.29, 1.82) is 0 Å². The zero-order chi connectivity index (χ0) is 24.2. The number of hydrogen-bond donors (Lipinski definition) is 1. The van der Waals surface area contributed by atoms with Crippen LogP contribution in [0.4, 0.5) is 5.69 Å². The van der Waals surface area contributed by atoms with Crippen LogP contribution in [0, 0.1) is 0 Å². The molecule has 1 N–H and O–H groups in total. The summed E-state index contributed by atoms with van der Waals surface area (Å²) < 4.78 is 6.09. The molecule has 1 atom stereocenters. The molecule has 35 heavy (non-hydrogen) atoms. The van der Waals surface area contributed by atoms with Gasteiger partial charge in [0.2, 0.25) is 5.91 Å². The average molecular weight is 464 g/mol. The van der Waals surface area contributed by atoms with Gasteiger partial charge in [-0.15, -0.1) is 0 Å². The number of aliphatic carboxylic acids is 1. The van der Waals surface area contributed by atoms with Crippen molar-refractivity contribution in [3.05, 3.63) is 131 Å². The lowest BCUT2D eigenvalue weighted by atomic mass is 9.89. The molecule has 0 aliphatic carbocycles. The van der Waals surface area contributed by atoms with Crippen molar-refractivity contribution in [2.75, 3.05) is 4.90 Å². The Kier molecular flexibility index (Phi) is 6.31. The van der Waals surface area contributed by atoms with E-state index in [1.165, 1.54) is 4.90 Å². The fourth-order valence-electron chi connectivity index (χ4n) is 4.69. The number of benzene rings is 4. The molecule has 0 spiro atoms. The fourth-order valence-corrected chi connectivity index (χ4v) is 4.69. The highest BCUT2D eigenvalue weighted by Crippen LogP contribution is 2.41. The van der Waals surface area contributed by atoms with Gasteiger partial charge in [0.05, 0.1) is 11.6 Å². The molecule has 4 aromatic carbocycles. The Morgan fingerprint density at radius 1 is 0.800 bits per heavy atom. The summed E-state index contributed by atoms with van der Waals surface area (Å²) in [4.78, 5) is 27.9. The smallest absolute Gasteiger partial charge is 0.327 e. The lowest BCUT2D eigenvalue weighted by molar-refractivity contribution is -0.140. The number of carboxylic acid groups (broad SMARTS) is 1. The first kappa shape index (κ1) is 22.4. The van der Waals surface area contributed by atoms with Crippen molar-refractivity contribution in [3.63, 3.8) is 0 Å². The maximum Gasteiger partial charge on any atom is 0.327 e. The summed E-state index contributed by atoms with van der Waals surface area (Å²) >= 11 is 0. The number of ether oxygens (including phenoxy) is 1. The average Bonchev–Trinajstić information content (AvgIpc) is 3.30. The third-order valence-corrected chi connectivity index (χ3v) is 6.35. The molecule has 5 nitrogen and oxygen atoms in total. The molecule has 1 aliphatic heterocycles. The van der Waals surface area contributed by atoms with Gasteiger partial charge in [0.15, 0.2) is 0 Å². The minimum absolute atomic E-state index is 0.192. The highest BCUT2D eigenvalue weighted by Gasteiger charge is 2.42. The fraction of sp³-hybridized carbons (Fsp3) is 0.133. The van der Waals surface area contributed by atoms with Gasteiger partial charge in [0.25, 0.3) is 0 Å². The summed E-state index contributed by atoms with van der Waals surface area (Å²) in [7, 11) is 0. The van der Waals surface area contributed by atoms with Gasteiger partial charge in [0.1, 0.15) is 18.4 Å². The number of hydrogen-bond acceptors (Lipinski definition) is 3. The number of carbonyl (C=O) groups is 2. The van der Waals surface area contributed by atoms with Gasteiger partial charge in [-0.2, -0.15) is 0 Å². The van der Waals surface area contributed by atoms with E-state index < -0.39 is 17.9 Å². The Balaban J connectivity index is 1.53. The highest BCUT2D eigenvalue weighted by molar-refractivity contribution is 6.06. The molecule has 0 bridgehead atoms. The summed E-state index contributed by atoms with van der Waals surface area (Å²) in [6.45, 7) is 0.361. The third-order valence-electron chi connectivity index (χ3n) is 6.35. The quantitative estimate of drug-likeness (QED) is 0.396. The first-order valence-corrected chi connectivity index (χ1v) is 11.6. The van der Waals surface area contributed by atoms with Gasteiger partial charge in [-0.05, 0) is 28.8 Å². The van der Waals surface area contributed by atoms with Gasteiger partial charge in [-0.1, -0.05) is 97.1 Å². The van der Waals surface area contributed by atoms with Gasteiger partial charge < -0.3 is 9.84 Å². The molecular weight excluding hydrogens is 438 g/mol. The Morgan fingerprint density at radius 3 is 1.94 bits per heavy atom. The molecule has 174 valence electrons. The number of amides is 1. The van der Waals surface area contributed by atoms with Crippen molar-refractivity contribution in [3.8, 4) is 5.75 Å². The molecule has 0 saturated carbocycles. The van der Waals surface area contributed by atoms with Crippen LogP contribution in [0.15, 0.2) is 109 Å². The standard InChI is InChI=1S/C30H25NO4/c32-29(28(22-13-6-2-7-14-22)23-15-8-3-9-16-23)31-25-17-10-18-27(24(25)19-26(31)30(33)34)35-20-21-11-4-1-5-12-21/h1-18,26,28H,19-20H2,(H,33,34). The van der Waals surface area contributed by atoms with Crippen LogP contribution in [0.3, 0.4) is 0 Å². The Hall–Kier alpha value is -4.38. The van der Waals surface area contributed by atoms with Crippen LogP contribution >= 0.6 is 0 Å². The lowest BCUT2D eigenvalue weighted by Crippen LogP contribution is -2.45. The maximum absolute atomic E-state index is 14.1. The SMILES string of the molecule is O=C(O)C1Cc2c(OCc3ccccc3)cccc2N1C(=O)C(c1ccccc1)c1ccccc1. The van der Waals surface area contributed by atoms with E-state index in [-0.39, 0.29) is 12.3 Å². The molecule has 4 aromatic rings. The largest absolute Gasteiger partial charge is 0.489 e. The summed E-state index contributed by atoms with van der Waals surface area (Å²) in [6.07, 6.45) is 0.192. The van der Waals surface area contributed by atoms with Crippen molar-refractivity contribution in [1.82, 2.24) is 0 Å². The van der Waals surface area contributed by atoms with Crippen LogP contribution in [0.25, 0.3) is 0 Å². The summed E-state index contributed by atoms with van der Waals surface area (Å²) in [5.74, 6) is -1.33. The zero-order valence-electron chi connectivity index (χ0n) is 19.1. The molecule has 0 aromatic heterocycles. The van der Waals surface area contributed by atoms with Crippen molar-refractivity contribution in [2.24, 2.45) is 0 Å². The van der Waals surface area contributed by atoms with E-state index in [1.807, 2.05) is 103 Å². The van der Waals surface area contributed by atoms with Crippen LogP contribution in [0.5, 0.6) is 5.75 Å². The number of fused-ring (bicyclic) bond motifs is 1.